The first-order valence-electron chi connectivity index (χ1n) is 9.25. The largest absolute Gasteiger partial charge is 0.494 e. The van der Waals surface area contributed by atoms with Crippen LogP contribution in [-0.4, -0.2) is 29.6 Å². The van der Waals surface area contributed by atoms with Gasteiger partial charge in [0.05, 0.1) is 12.3 Å². The summed E-state index contributed by atoms with van der Waals surface area (Å²) in [4.78, 5) is 29.8. The lowest BCUT2D eigenvalue weighted by atomic mass is 10.2. The molecule has 0 spiro atoms. The number of rotatable bonds is 7. The van der Waals surface area contributed by atoms with Crippen molar-refractivity contribution in [1.29, 1.82) is 0 Å². The van der Waals surface area contributed by atoms with Crippen LogP contribution in [-0.2, 0) is 9.53 Å². The van der Waals surface area contributed by atoms with Crippen LogP contribution in [0.1, 0.15) is 29.2 Å². The highest BCUT2D eigenvalue weighted by molar-refractivity contribution is 7.17. The zero-order valence-corrected chi connectivity index (χ0v) is 17.3. The van der Waals surface area contributed by atoms with E-state index in [1.807, 2.05) is 37.3 Å². The number of benzene rings is 2. The van der Waals surface area contributed by atoms with Crippen LogP contribution in [0.25, 0.3) is 10.6 Å². The summed E-state index contributed by atoms with van der Waals surface area (Å²) in [6.07, 6.45) is -0.948. The molecular formula is C22H22N2O4S. The van der Waals surface area contributed by atoms with Crippen LogP contribution in [0.4, 0.5) is 5.69 Å². The van der Waals surface area contributed by atoms with Crippen LogP contribution in [0.3, 0.4) is 0 Å². The van der Waals surface area contributed by atoms with Crippen molar-refractivity contribution in [1.82, 2.24) is 4.98 Å². The van der Waals surface area contributed by atoms with E-state index in [1.165, 1.54) is 18.3 Å². The van der Waals surface area contributed by atoms with E-state index < -0.39 is 18.0 Å². The number of nitrogens with zero attached hydrogens (tertiary/aromatic N) is 1. The second kappa shape index (κ2) is 9.34. The summed E-state index contributed by atoms with van der Waals surface area (Å²) >= 11 is 1.25. The molecule has 150 valence electrons. The summed E-state index contributed by atoms with van der Waals surface area (Å²) < 4.78 is 10.7. The molecule has 0 saturated carbocycles. The first-order chi connectivity index (χ1) is 14.0. The minimum Gasteiger partial charge on any atom is -0.494 e. The Kier molecular flexibility index (Phi) is 6.61. The van der Waals surface area contributed by atoms with E-state index >= 15 is 0 Å². The number of nitrogens with one attached hydrogen (secondary N) is 1. The van der Waals surface area contributed by atoms with Gasteiger partial charge >= 0.3 is 5.97 Å². The molecule has 0 fully saturated rings. The van der Waals surface area contributed by atoms with Crippen molar-refractivity contribution in [2.75, 3.05) is 11.9 Å². The van der Waals surface area contributed by atoms with Gasteiger partial charge in [-0.05, 0) is 45.0 Å². The van der Waals surface area contributed by atoms with Crippen LogP contribution >= 0.6 is 11.3 Å². The zero-order chi connectivity index (χ0) is 20.8. The molecule has 0 bridgehead atoms. The Bertz CT molecular complexity index is 984. The number of hydrogen-bond donors (Lipinski definition) is 1. The average molecular weight is 410 g/mol. The summed E-state index contributed by atoms with van der Waals surface area (Å²) in [6.45, 7) is 5.77. The Balaban J connectivity index is 1.62. The van der Waals surface area contributed by atoms with Crippen molar-refractivity contribution in [3.63, 3.8) is 0 Å². The second-order valence-corrected chi connectivity index (χ2v) is 7.29. The van der Waals surface area contributed by atoms with Gasteiger partial charge in [-0.25, -0.2) is 9.78 Å². The third-order valence-electron chi connectivity index (χ3n) is 4.09. The molecule has 1 heterocycles. The number of hydrogen-bond acceptors (Lipinski definition) is 6. The van der Waals surface area contributed by atoms with E-state index in [0.717, 1.165) is 16.3 Å². The molecule has 0 aliphatic carbocycles. The molecule has 1 amide bonds. The second-order valence-electron chi connectivity index (χ2n) is 6.29. The van der Waals surface area contributed by atoms with Crippen LogP contribution in [0.5, 0.6) is 5.75 Å². The van der Waals surface area contributed by atoms with Crippen molar-refractivity contribution in [2.24, 2.45) is 0 Å². The van der Waals surface area contributed by atoms with E-state index in [1.54, 1.807) is 31.2 Å². The molecule has 3 aromatic rings. The molecule has 2 aromatic carbocycles. The summed E-state index contributed by atoms with van der Waals surface area (Å²) in [7, 11) is 0. The fourth-order valence-electron chi connectivity index (χ4n) is 2.60. The van der Waals surface area contributed by atoms with Crippen molar-refractivity contribution in [3.8, 4) is 16.3 Å². The van der Waals surface area contributed by atoms with Crippen LogP contribution in [0.2, 0.25) is 0 Å². The molecular weight excluding hydrogens is 388 g/mol. The van der Waals surface area contributed by atoms with Crippen LogP contribution in [0.15, 0.2) is 54.6 Å². The number of carbonyl (C=O) groups excluding carboxylic acids is 2. The summed E-state index contributed by atoms with van der Waals surface area (Å²) in [6, 6.07) is 16.6. The number of carbonyl (C=O) groups is 2. The van der Waals surface area contributed by atoms with E-state index in [0.29, 0.717) is 22.9 Å². The van der Waals surface area contributed by atoms with Gasteiger partial charge in [0.15, 0.2) is 6.10 Å². The molecule has 29 heavy (non-hydrogen) atoms. The van der Waals surface area contributed by atoms with Gasteiger partial charge in [-0.15, -0.1) is 11.3 Å². The minimum absolute atomic E-state index is 0.393. The number of thiazole rings is 1. The Morgan fingerprint density at radius 3 is 2.45 bits per heavy atom. The highest BCUT2D eigenvalue weighted by atomic mass is 32.1. The third kappa shape index (κ3) is 5.20. The predicted molar refractivity (Wildman–Crippen MR) is 113 cm³/mol. The SMILES string of the molecule is CCOc1ccc(NC(=O)[C@H](C)OC(=O)c2sc(-c3ccccc3)nc2C)cc1. The van der Waals surface area contributed by atoms with Crippen molar-refractivity contribution < 1.29 is 19.1 Å². The van der Waals surface area contributed by atoms with Gasteiger partial charge in [0.2, 0.25) is 0 Å². The Morgan fingerprint density at radius 1 is 1.10 bits per heavy atom. The smallest absolute Gasteiger partial charge is 0.351 e. The van der Waals surface area contributed by atoms with E-state index in [9.17, 15) is 9.59 Å². The first kappa shape index (κ1) is 20.5. The fourth-order valence-corrected chi connectivity index (χ4v) is 3.56. The number of esters is 1. The highest BCUT2D eigenvalue weighted by Crippen LogP contribution is 2.28. The number of aromatic nitrogens is 1. The minimum atomic E-state index is -0.948. The summed E-state index contributed by atoms with van der Waals surface area (Å²) in [5, 5.41) is 3.47. The molecule has 1 aromatic heterocycles. The number of ether oxygens (including phenoxy) is 2. The van der Waals surface area contributed by atoms with Crippen LogP contribution in [0, 0.1) is 6.92 Å². The molecule has 7 heteroatoms. The maximum absolute atomic E-state index is 12.5. The molecule has 1 atom stereocenters. The van der Waals surface area contributed by atoms with Gasteiger partial charge in [0.1, 0.15) is 15.6 Å². The van der Waals surface area contributed by atoms with E-state index in [-0.39, 0.29) is 0 Å². The summed E-state index contributed by atoms with van der Waals surface area (Å²) in [5.74, 6) is -0.246. The predicted octanol–water partition coefficient (Wildman–Crippen LogP) is 4.70. The maximum Gasteiger partial charge on any atom is 0.351 e. The molecule has 6 nitrogen and oxygen atoms in total. The lowest BCUT2D eigenvalue weighted by molar-refractivity contribution is -0.123. The molecule has 1 N–H and O–H groups in total. The van der Waals surface area contributed by atoms with E-state index in [2.05, 4.69) is 10.3 Å². The Morgan fingerprint density at radius 2 is 1.79 bits per heavy atom. The first-order valence-corrected chi connectivity index (χ1v) is 10.1. The summed E-state index contributed by atoms with van der Waals surface area (Å²) in [5.41, 5.74) is 2.11. The van der Waals surface area contributed by atoms with Crippen molar-refractivity contribution in [2.45, 2.75) is 26.9 Å². The van der Waals surface area contributed by atoms with Crippen molar-refractivity contribution >= 4 is 28.9 Å². The van der Waals surface area contributed by atoms with E-state index in [4.69, 9.17) is 9.47 Å². The van der Waals surface area contributed by atoms with Gasteiger partial charge in [0, 0.05) is 11.3 Å². The lowest BCUT2D eigenvalue weighted by Gasteiger charge is -2.13. The zero-order valence-electron chi connectivity index (χ0n) is 16.5. The maximum atomic E-state index is 12.5. The molecule has 0 aliphatic rings. The molecule has 0 aliphatic heterocycles. The normalized spacial score (nSPS) is 11.6. The number of amides is 1. The fraction of sp³-hybridized carbons (Fsp3) is 0.227. The number of aryl methyl sites for hydroxylation is 1. The van der Waals surface area contributed by atoms with Gasteiger partial charge in [-0.3, -0.25) is 4.79 Å². The standard InChI is InChI=1S/C22H22N2O4S/c1-4-27-18-12-10-17(11-13-18)24-20(25)15(3)28-22(26)19-14(2)23-21(29-19)16-8-6-5-7-9-16/h5-13,15H,4H2,1-3H3,(H,24,25)/t15-/m0/s1. The van der Waals surface area contributed by atoms with Gasteiger partial charge < -0.3 is 14.8 Å². The average Bonchev–Trinajstić information content (AvgIpc) is 3.12. The van der Waals surface area contributed by atoms with Gasteiger partial charge in [-0.2, -0.15) is 0 Å². The van der Waals surface area contributed by atoms with Gasteiger partial charge in [-0.1, -0.05) is 30.3 Å². The topological polar surface area (TPSA) is 77.5 Å². The Hall–Kier alpha value is -3.19. The monoisotopic (exact) mass is 410 g/mol. The third-order valence-corrected chi connectivity index (χ3v) is 5.28. The molecule has 0 unspecified atom stereocenters. The molecule has 3 rings (SSSR count). The quantitative estimate of drug-likeness (QED) is 0.571. The van der Waals surface area contributed by atoms with Crippen LogP contribution < -0.4 is 10.1 Å². The Labute approximate surface area is 173 Å². The molecule has 0 saturated heterocycles. The number of anilines is 1. The lowest BCUT2D eigenvalue weighted by Crippen LogP contribution is -2.29. The van der Waals surface area contributed by atoms with Crippen molar-refractivity contribution in [3.05, 3.63) is 65.2 Å². The van der Waals surface area contributed by atoms with Gasteiger partial charge in [0.25, 0.3) is 5.91 Å². The highest BCUT2D eigenvalue weighted by Gasteiger charge is 2.23. The molecule has 0 radical (unpaired) electrons.